The fourth-order valence-corrected chi connectivity index (χ4v) is 2.89. The second-order valence-corrected chi connectivity index (χ2v) is 5.92. The Labute approximate surface area is 112 Å². The molecule has 0 aliphatic carbocycles. The molecular formula is C12H15BrO3S. The van der Waals surface area contributed by atoms with Crippen LogP contribution in [-0.2, 0) is 26.9 Å². The fourth-order valence-electron chi connectivity index (χ4n) is 1.34. The van der Waals surface area contributed by atoms with Gasteiger partial charge in [0.05, 0.1) is 0 Å². The molecule has 0 fully saturated rings. The maximum absolute atomic E-state index is 11.7. The maximum atomic E-state index is 11.7. The molecule has 0 aliphatic heterocycles. The molecule has 0 N–H and O–H groups in total. The summed E-state index contributed by atoms with van der Waals surface area (Å²) in [5.74, 6) is -0.394. The minimum absolute atomic E-state index is 0.232. The van der Waals surface area contributed by atoms with E-state index in [0.29, 0.717) is 11.8 Å². The van der Waals surface area contributed by atoms with Gasteiger partial charge < -0.3 is 4.74 Å². The third-order valence-corrected chi connectivity index (χ3v) is 3.95. The molecule has 0 aliphatic rings. The summed E-state index contributed by atoms with van der Waals surface area (Å²) in [6.45, 7) is 0.232. The summed E-state index contributed by atoms with van der Waals surface area (Å²) in [7, 11) is -1.20. The number of ether oxygens (including phenoxy) is 1. The molecule has 1 rings (SSSR count). The van der Waals surface area contributed by atoms with Gasteiger partial charge in [0.15, 0.2) is 0 Å². The van der Waals surface area contributed by atoms with Crippen molar-refractivity contribution >= 4 is 32.7 Å². The smallest absolute Gasteiger partial charge is 0.322 e. The first-order chi connectivity index (χ1) is 8.15. The average molecular weight is 319 g/mol. The molecule has 2 atom stereocenters. The minimum atomic E-state index is -1.20. The molecule has 5 heteroatoms. The van der Waals surface area contributed by atoms with Crippen molar-refractivity contribution in [2.24, 2.45) is 0 Å². The quantitative estimate of drug-likeness (QED) is 0.597. The summed E-state index contributed by atoms with van der Waals surface area (Å²) in [6.07, 6.45) is 2.05. The Morgan fingerprint density at radius 3 is 2.59 bits per heavy atom. The molecule has 0 heterocycles. The maximum Gasteiger partial charge on any atom is 0.322 e. The van der Waals surface area contributed by atoms with Gasteiger partial charge in [0, 0.05) is 22.4 Å². The van der Waals surface area contributed by atoms with Crippen LogP contribution in [-0.4, -0.2) is 27.0 Å². The first-order valence-electron chi connectivity index (χ1n) is 5.24. The second kappa shape index (κ2) is 7.61. The highest BCUT2D eigenvalue weighted by Crippen LogP contribution is 2.08. The van der Waals surface area contributed by atoms with Gasteiger partial charge in [0.2, 0.25) is 0 Å². The van der Waals surface area contributed by atoms with Crippen molar-refractivity contribution in [2.75, 3.05) is 11.6 Å². The Morgan fingerprint density at radius 1 is 1.41 bits per heavy atom. The van der Waals surface area contributed by atoms with Crippen LogP contribution in [0.2, 0.25) is 0 Å². The van der Waals surface area contributed by atoms with E-state index in [1.165, 1.54) is 6.26 Å². The number of alkyl halides is 1. The van der Waals surface area contributed by atoms with Crippen molar-refractivity contribution in [3.63, 3.8) is 0 Å². The van der Waals surface area contributed by atoms with Gasteiger partial charge in [0.25, 0.3) is 0 Å². The van der Waals surface area contributed by atoms with E-state index in [1.54, 1.807) is 0 Å². The average Bonchev–Trinajstić information content (AvgIpc) is 2.34. The van der Waals surface area contributed by atoms with Gasteiger partial charge in [-0.1, -0.05) is 46.3 Å². The van der Waals surface area contributed by atoms with Crippen molar-refractivity contribution in [3.8, 4) is 0 Å². The van der Waals surface area contributed by atoms with Crippen LogP contribution in [0.15, 0.2) is 30.3 Å². The van der Waals surface area contributed by atoms with Gasteiger partial charge in [-0.25, -0.2) is 0 Å². The Bertz CT molecular complexity index is 381. The van der Waals surface area contributed by atoms with E-state index < -0.39 is 22.0 Å². The molecule has 1 aromatic rings. The number of rotatable bonds is 6. The Kier molecular flexibility index (Phi) is 6.44. The molecule has 0 aromatic heterocycles. The Morgan fingerprint density at radius 2 is 2.06 bits per heavy atom. The fraction of sp³-hybridized carbons (Fsp3) is 0.417. The summed E-state index contributed by atoms with van der Waals surface area (Å²) in [4.78, 5) is 11.7. The molecule has 0 spiro atoms. The molecule has 94 valence electrons. The number of hydrogen-bond donors (Lipinski definition) is 0. The SMILES string of the molecule is CS(=O)C(CCBr)C(=O)OCc1ccccc1. The molecule has 3 nitrogen and oxygen atoms in total. The molecule has 2 unspecified atom stereocenters. The van der Waals surface area contributed by atoms with Crippen LogP contribution in [0.1, 0.15) is 12.0 Å². The topological polar surface area (TPSA) is 43.4 Å². The zero-order chi connectivity index (χ0) is 12.7. The predicted molar refractivity (Wildman–Crippen MR) is 72.5 cm³/mol. The predicted octanol–water partition coefficient (Wildman–Crippen LogP) is 2.26. The van der Waals surface area contributed by atoms with Crippen molar-refractivity contribution in [2.45, 2.75) is 18.3 Å². The summed E-state index contributed by atoms with van der Waals surface area (Å²) < 4.78 is 16.5. The monoisotopic (exact) mass is 318 g/mol. The van der Waals surface area contributed by atoms with Crippen molar-refractivity contribution in [1.29, 1.82) is 0 Å². The van der Waals surface area contributed by atoms with Crippen LogP contribution in [0.4, 0.5) is 0 Å². The highest BCUT2D eigenvalue weighted by molar-refractivity contribution is 9.09. The first-order valence-corrected chi connectivity index (χ1v) is 7.98. The van der Waals surface area contributed by atoms with E-state index >= 15 is 0 Å². The molecule has 0 saturated heterocycles. The van der Waals surface area contributed by atoms with Gasteiger partial charge in [-0.2, -0.15) is 0 Å². The highest BCUT2D eigenvalue weighted by atomic mass is 79.9. The number of hydrogen-bond acceptors (Lipinski definition) is 3. The zero-order valence-corrected chi connectivity index (χ0v) is 12.0. The zero-order valence-electron chi connectivity index (χ0n) is 9.60. The lowest BCUT2D eigenvalue weighted by Gasteiger charge is -2.12. The van der Waals surface area contributed by atoms with Crippen LogP contribution in [0.3, 0.4) is 0 Å². The molecule has 1 aromatic carbocycles. The summed E-state index contributed by atoms with van der Waals surface area (Å²) in [6, 6.07) is 9.44. The van der Waals surface area contributed by atoms with Crippen molar-refractivity contribution < 1.29 is 13.7 Å². The number of carbonyl (C=O) groups is 1. The Hall–Kier alpha value is -0.680. The second-order valence-electron chi connectivity index (χ2n) is 3.56. The van der Waals surface area contributed by atoms with Gasteiger partial charge >= 0.3 is 5.97 Å². The number of halogens is 1. The summed E-state index contributed by atoms with van der Waals surface area (Å²) >= 11 is 3.24. The standard InChI is InChI=1S/C12H15BrO3S/c1-17(15)11(7-8-13)12(14)16-9-10-5-3-2-4-6-10/h2-6,11H,7-9H2,1H3. The molecule has 0 radical (unpaired) electrons. The molecule has 17 heavy (non-hydrogen) atoms. The van der Waals surface area contributed by atoms with E-state index in [2.05, 4.69) is 15.9 Å². The third-order valence-electron chi connectivity index (χ3n) is 2.26. The van der Waals surface area contributed by atoms with Gasteiger partial charge in [-0.3, -0.25) is 9.00 Å². The molecule has 0 bridgehead atoms. The van der Waals surface area contributed by atoms with Crippen LogP contribution in [0, 0.1) is 0 Å². The van der Waals surface area contributed by atoms with Crippen LogP contribution < -0.4 is 0 Å². The van der Waals surface area contributed by atoms with E-state index in [4.69, 9.17) is 4.74 Å². The van der Waals surface area contributed by atoms with E-state index in [9.17, 15) is 9.00 Å². The van der Waals surface area contributed by atoms with E-state index in [0.717, 1.165) is 5.56 Å². The lowest BCUT2D eigenvalue weighted by molar-refractivity contribution is -0.144. The summed E-state index contributed by atoms with van der Waals surface area (Å²) in [5, 5.41) is 0.0932. The van der Waals surface area contributed by atoms with Gasteiger partial charge in [0.1, 0.15) is 11.9 Å². The minimum Gasteiger partial charge on any atom is -0.460 e. The van der Waals surface area contributed by atoms with Crippen LogP contribution in [0.25, 0.3) is 0 Å². The first kappa shape index (κ1) is 14.4. The van der Waals surface area contributed by atoms with Crippen molar-refractivity contribution in [1.82, 2.24) is 0 Å². The van der Waals surface area contributed by atoms with Gasteiger partial charge in [-0.15, -0.1) is 0 Å². The van der Waals surface area contributed by atoms with E-state index in [-0.39, 0.29) is 6.61 Å². The normalized spacial score (nSPS) is 14.0. The number of esters is 1. The number of carbonyl (C=O) groups excluding carboxylic acids is 1. The highest BCUT2D eigenvalue weighted by Gasteiger charge is 2.23. The third kappa shape index (κ3) is 5.00. The largest absolute Gasteiger partial charge is 0.460 e. The Balaban J connectivity index is 2.50. The van der Waals surface area contributed by atoms with Crippen LogP contribution in [0.5, 0.6) is 0 Å². The molecule has 0 amide bonds. The van der Waals surface area contributed by atoms with Crippen LogP contribution >= 0.6 is 15.9 Å². The molecular weight excluding hydrogens is 304 g/mol. The van der Waals surface area contributed by atoms with E-state index in [1.807, 2.05) is 30.3 Å². The summed E-state index contributed by atoms with van der Waals surface area (Å²) in [5.41, 5.74) is 0.931. The lowest BCUT2D eigenvalue weighted by atomic mass is 10.2. The lowest BCUT2D eigenvalue weighted by Crippen LogP contribution is -2.27. The van der Waals surface area contributed by atoms with Crippen molar-refractivity contribution in [3.05, 3.63) is 35.9 Å². The number of benzene rings is 1. The molecule has 0 saturated carbocycles. The van der Waals surface area contributed by atoms with Gasteiger partial charge in [-0.05, 0) is 12.0 Å².